The SMILES string of the molecule is CCC(C)C(=O)C(F)C(=O)c1cccc(OC)c1. The molecule has 3 nitrogen and oxygen atoms in total. The summed E-state index contributed by atoms with van der Waals surface area (Å²) in [5, 5.41) is 0. The van der Waals surface area contributed by atoms with Crippen LogP contribution in [-0.2, 0) is 4.79 Å². The van der Waals surface area contributed by atoms with Gasteiger partial charge in [-0.15, -0.1) is 0 Å². The zero-order chi connectivity index (χ0) is 13.7. The summed E-state index contributed by atoms with van der Waals surface area (Å²) < 4.78 is 18.8. The predicted molar refractivity (Wildman–Crippen MR) is 66.7 cm³/mol. The van der Waals surface area contributed by atoms with Crippen molar-refractivity contribution in [1.29, 1.82) is 0 Å². The molecule has 98 valence electrons. The Morgan fingerprint density at radius 2 is 2.06 bits per heavy atom. The number of Topliss-reactive ketones (excluding diaryl/α,β-unsaturated/α-hetero) is 2. The van der Waals surface area contributed by atoms with Gasteiger partial charge in [0.25, 0.3) is 0 Å². The molecule has 0 radical (unpaired) electrons. The Morgan fingerprint density at radius 1 is 1.39 bits per heavy atom. The van der Waals surface area contributed by atoms with E-state index in [0.29, 0.717) is 12.2 Å². The van der Waals surface area contributed by atoms with Crippen LogP contribution in [0.15, 0.2) is 24.3 Å². The first-order chi connectivity index (χ1) is 8.51. The lowest BCUT2D eigenvalue weighted by molar-refractivity contribution is -0.125. The van der Waals surface area contributed by atoms with Crippen molar-refractivity contribution in [2.45, 2.75) is 26.4 Å². The molecule has 1 aromatic carbocycles. The standard InChI is InChI=1S/C14H17FO3/c1-4-9(2)13(16)12(15)14(17)10-6-5-7-11(8-10)18-3/h5-9,12H,4H2,1-3H3. The van der Waals surface area contributed by atoms with Gasteiger partial charge in [-0.2, -0.15) is 0 Å². The number of hydrogen-bond acceptors (Lipinski definition) is 3. The Balaban J connectivity index is 2.89. The maximum Gasteiger partial charge on any atom is 0.221 e. The minimum absolute atomic E-state index is 0.151. The van der Waals surface area contributed by atoms with E-state index in [4.69, 9.17) is 4.74 Å². The molecule has 0 aromatic heterocycles. The van der Waals surface area contributed by atoms with E-state index in [1.54, 1.807) is 26.0 Å². The first-order valence-electron chi connectivity index (χ1n) is 5.87. The van der Waals surface area contributed by atoms with Crippen LogP contribution >= 0.6 is 0 Å². The highest BCUT2D eigenvalue weighted by Gasteiger charge is 2.30. The molecule has 2 unspecified atom stereocenters. The Bertz CT molecular complexity index is 442. The van der Waals surface area contributed by atoms with Gasteiger partial charge in [-0.3, -0.25) is 9.59 Å². The van der Waals surface area contributed by atoms with Gasteiger partial charge in [-0.25, -0.2) is 4.39 Å². The molecule has 0 aliphatic heterocycles. The van der Waals surface area contributed by atoms with Gasteiger partial charge in [0.1, 0.15) is 5.75 Å². The molecule has 1 rings (SSSR count). The van der Waals surface area contributed by atoms with Crippen molar-refractivity contribution in [2.75, 3.05) is 7.11 Å². The number of alkyl halides is 1. The summed E-state index contributed by atoms with van der Waals surface area (Å²) in [6.07, 6.45) is -1.57. The van der Waals surface area contributed by atoms with E-state index in [0.717, 1.165) is 0 Å². The average Bonchev–Trinajstić information content (AvgIpc) is 2.43. The molecule has 2 atom stereocenters. The quantitative estimate of drug-likeness (QED) is 0.577. The third-order valence-electron chi connectivity index (χ3n) is 2.93. The summed E-state index contributed by atoms with van der Waals surface area (Å²) in [6, 6.07) is 6.15. The van der Waals surface area contributed by atoms with E-state index in [9.17, 15) is 14.0 Å². The number of carbonyl (C=O) groups excluding carboxylic acids is 2. The second-order valence-corrected chi connectivity index (χ2v) is 4.17. The van der Waals surface area contributed by atoms with E-state index in [1.807, 2.05) is 0 Å². The van der Waals surface area contributed by atoms with Gasteiger partial charge >= 0.3 is 0 Å². The molecule has 0 heterocycles. The largest absolute Gasteiger partial charge is 0.497 e. The van der Waals surface area contributed by atoms with Crippen LogP contribution in [0.3, 0.4) is 0 Å². The number of carbonyl (C=O) groups is 2. The lowest BCUT2D eigenvalue weighted by Gasteiger charge is -2.11. The molecule has 0 saturated carbocycles. The Labute approximate surface area is 106 Å². The molecule has 0 aliphatic carbocycles. The van der Waals surface area contributed by atoms with Gasteiger partial charge < -0.3 is 4.74 Å². The van der Waals surface area contributed by atoms with Gasteiger partial charge in [0.05, 0.1) is 7.11 Å². The Kier molecular flexibility index (Phi) is 5.01. The number of methoxy groups -OCH3 is 1. The summed E-state index contributed by atoms with van der Waals surface area (Å²) >= 11 is 0. The number of benzene rings is 1. The molecule has 0 amide bonds. The number of ketones is 2. The summed E-state index contributed by atoms with van der Waals surface area (Å²) in [5.74, 6) is -1.46. The van der Waals surface area contributed by atoms with Crippen molar-refractivity contribution in [3.05, 3.63) is 29.8 Å². The fourth-order valence-corrected chi connectivity index (χ4v) is 1.50. The first kappa shape index (κ1) is 14.4. The zero-order valence-corrected chi connectivity index (χ0v) is 10.8. The Hall–Kier alpha value is -1.71. The van der Waals surface area contributed by atoms with Crippen LogP contribution in [0.1, 0.15) is 30.6 Å². The molecular formula is C14H17FO3. The first-order valence-corrected chi connectivity index (χ1v) is 5.87. The van der Waals surface area contributed by atoms with Crippen molar-refractivity contribution in [3.63, 3.8) is 0 Å². The summed E-state index contributed by atoms with van der Waals surface area (Å²) in [6.45, 7) is 3.40. The topological polar surface area (TPSA) is 43.4 Å². The lowest BCUT2D eigenvalue weighted by Crippen LogP contribution is -2.30. The number of rotatable bonds is 6. The average molecular weight is 252 g/mol. The predicted octanol–water partition coefficient (Wildman–Crippen LogP) is 2.83. The molecule has 1 aromatic rings. The molecule has 0 saturated heterocycles. The van der Waals surface area contributed by atoms with Crippen molar-refractivity contribution in [3.8, 4) is 5.75 Å². The molecule has 0 spiro atoms. The second-order valence-electron chi connectivity index (χ2n) is 4.17. The monoisotopic (exact) mass is 252 g/mol. The maximum atomic E-state index is 13.8. The zero-order valence-electron chi connectivity index (χ0n) is 10.8. The molecule has 0 fully saturated rings. The van der Waals surface area contributed by atoms with Crippen LogP contribution in [0.2, 0.25) is 0 Å². The molecule has 0 N–H and O–H groups in total. The van der Waals surface area contributed by atoms with Crippen LogP contribution in [0, 0.1) is 5.92 Å². The van der Waals surface area contributed by atoms with Crippen LogP contribution in [0.25, 0.3) is 0 Å². The normalized spacial score (nSPS) is 13.8. The third-order valence-corrected chi connectivity index (χ3v) is 2.93. The maximum absolute atomic E-state index is 13.8. The van der Waals surface area contributed by atoms with Gasteiger partial charge in [0.2, 0.25) is 12.0 Å². The minimum atomic E-state index is -2.09. The van der Waals surface area contributed by atoms with E-state index in [-0.39, 0.29) is 5.56 Å². The lowest BCUT2D eigenvalue weighted by atomic mass is 9.95. The van der Waals surface area contributed by atoms with Gasteiger partial charge in [-0.1, -0.05) is 26.0 Å². The van der Waals surface area contributed by atoms with Gasteiger partial charge in [-0.05, 0) is 18.6 Å². The van der Waals surface area contributed by atoms with Crippen molar-refractivity contribution in [2.24, 2.45) is 5.92 Å². The van der Waals surface area contributed by atoms with Crippen molar-refractivity contribution in [1.82, 2.24) is 0 Å². The fraction of sp³-hybridized carbons (Fsp3) is 0.429. The van der Waals surface area contributed by atoms with E-state index >= 15 is 0 Å². The molecular weight excluding hydrogens is 235 g/mol. The molecule has 0 aliphatic rings. The smallest absolute Gasteiger partial charge is 0.221 e. The highest BCUT2D eigenvalue weighted by atomic mass is 19.1. The number of hydrogen-bond donors (Lipinski definition) is 0. The molecule has 0 bridgehead atoms. The minimum Gasteiger partial charge on any atom is -0.497 e. The molecule has 18 heavy (non-hydrogen) atoms. The number of halogens is 1. The van der Waals surface area contributed by atoms with Crippen LogP contribution < -0.4 is 4.74 Å². The summed E-state index contributed by atoms with van der Waals surface area (Å²) in [4.78, 5) is 23.4. The number of ether oxygens (including phenoxy) is 1. The second kappa shape index (κ2) is 6.28. The van der Waals surface area contributed by atoms with Crippen LogP contribution in [0.4, 0.5) is 4.39 Å². The van der Waals surface area contributed by atoms with Crippen molar-refractivity contribution >= 4 is 11.6 Å². The van der Waals surface area contributed by atoms with E-state index in [2.05, 4.69) is 0 Å². The molecule has 4 heteroatoms. The van der Waals surface area contributed by atoms with Crippen LogP contribution in [0.5, 0.6) is 5.75 Å². The third kappa shape index (κ3) is 3.15. The van der Waals surface area contributed by atoms with Crippen LogP contribution in [-0.4, -0.2) is 24.8 Å². The fourth-order valence-electron chi connectivity index (χ4n) is 1.50. The van der Waals surface area contributed by atoms with E-state index in [1.165, 1.54) is 19.2 Å². The van der Waals surface area contributed by atoms with Crippen molar-refractivity contribution < 1.29 is 18.7 Å². The van der Waals surface area contributed by atoms with E-state index < -0.39 is 23.7 Å². The van der Waals surface area contributed by atoms with Gasteiger partial charge in [0.15, 0.2) is 5.78 Å². The van der Waals surface area contributed by atoms with Gasteiger partial charge in [0, 0.05) is 11.5 Å². The summed E-state index contributed by atoms with van der Waals surface area (Å²) in [7, 11) is 1.46. The highest BCUT2D eigenvalue weighted by Crippen LogP contribution is 2.17. The summed E-state index contributed by atoms with van der Waals surface area (Å²) in [5.41, 5.74) is 0.151. The highest BCUT2D eigenvalue weighted by molar-refractivity contribution is 6.13. The Morgan fingerprint density at radius 3 is 2.61 bits per heavy atom.